The lowest BCUT2D eigenvalue weighted by atomic mass is 9.76. The number of phenolic OH excluding ortho intramolecular Hbond substituents is 1. The van der Waals surface area contributed by atoms with Crippen LogP contribution < -0.4 is 10.1 Å². The molecule has 2 aliphatic rings. The number of nitrogens with zero attached hydrogens (tertiary/aromatic N) is 1. The minimum atomic E-state index is 0. The number of benzene rings is 1. The molecular formula is C16H26Cl2N2O2. The second kappa shape index (κ2) is 8.82. The zero-order chi connectivity index (χ0) is 13.9. The summed E-state index contributed by atoms with van der Waals surface area (Å²) in [4.78, 5) is 2.57. The normalized spacial score (nSPS) is 20.2. The van der Waals surface area contributed by atoms with Crippen LogP contribution in [0.3, 0.4) is 0 Å². The van der Waals surface area contributed by atoms with Gasteiger partial charge in [0.1, 0.15) is 0 Å². The summed E-state index contributed by atoms with van der Waals surface area (Å²) in [7, 11) is 1.59. The molecule has 3 rings (SSSR count). The topological polar surface area (TPSA) is 44.7 Å². The predicted octanol–water partition coefficient (Wildman–Crippen LogP) is 2.99. The summed E-state index contributed by atoms with van der Waals surface area (Å²) in [6.45, 7) is 4.30. The highest BCUT2D eigenvalue weighted by molar-refractivity contribution is 5.85. The summed E-state index contributed by atoms with van der Waals surface area (Å²) in [5.74, 6) is 1.55. The Morgan fingerprint density at radius 1 is 1.23 bits per heavy atom. The number of hydrogen-bond acceptors (Lipinski definition) is 4. The van der Waals surface area contributed by atoms with Gasteiger partial charge in [0.15, 0.2) is 11.5 Å². The van der Waals surface area contributed by atoms with E-state index in [2.05, 4.69) is 16.3 Å². The van der Waals surface area contributed by atoms with Gasteiger partial charge in [0, 0.05) is 32.2 Å². The van der Waals surface area contributed by atoms with Gasteiger partial charge in [-0.2, -0.15) is 0 Å². The molecule has 1 heterocycles. The SMILES string of the molecule is COc1ccc([C@H](C2CCC2)N2CCNCC2)cc1O.Cl.Cl. The Morgan fingerprint density at radius 3 is 2.41 bits per heavy atom. The van der Waals surface area contributed by atoms with E-state index in [1.165, 1.54) is 24.8 Å². The maximum Gasteiger partial charge on any atom is 0.160 e. The second-order valence-corrected chi connectivity index (χ2v) is 5.85. The highest BCUT2D eigenvalue weighted by Gasteiger charge is 2.33. The van der Waals surface area contributed by atoms with Gasteiger partial charge >= 0.3 is 0 Å². The van der Waals surface area contributed by atoms with Crippen molar-refractivity contribution in [3.8, 4) is 11.5 Å². The summed E-state index contributed by atoms with van der Waals surface area (Å²) in [6.07, 6.45) is 3.96. The van der Waals surface area contributed by atoms with Gasteiger partial charge in [-0.05, 0) is 36.5 Å². The van der Waals surface area contributed by atoms with Crippen LogP contribution in [-0.2, 0) is 0 Å². The first-order valence-electron chi connectivity index (χ1n) is 7.61. The van der Waals surface area contributed by atoms with Gasteiger partial charge < -0.3 is 15.2 Å². The smallest absolute Gasteiger partial charge is 0.160 e. The maximum absolute atomic E-state index is 10.1. The Bertz CT molecular complexity index is 463. The standard InChI is InChI=1S/C16H24N2O2.2ClH/c1-20-15-6-5-13(11-14(15)19)16(12-3-2-4-12)18-9-7-17-8-10-18;;/h5-6,11-12,16-17,19H,2-4,7-10H2,1H3;2*1H/t16-;;/m0../s1. The number of halogens is 2. The molecule has 2 N–H and O–H groups in total. The van der Waals surface area contributed by atoms with Gasteiger partial charge in [0.2, 0.25) is 0 Å². The molecule has 0 spiro atoms. The first-order valence-corrected chi connectivity index (χ1v) is 7.61. The lowest BCUT2D eigenvalue weighted by molar-refractivity contribution is 0.0835. The van der Waals surface area contributed by atoms with Crippen LogP contribution in [0.2, 0.25) is 0 Å². The van der Waals surface area contributed by atoms with Crippen LogP contribution in [0.4, 0.5) is 0 Å². The van der Waals surface area contributed by atoms with Gasteiger partial charge in [-0.25, -0.2) is 0 Å². The van der Waals surface area contributed by atoms with Crippen molar-refractivity contribution < 1.29 is 9.84 Å². The van der Waals surface area contributed by atoms with E-state index in [9.17, 15) is 5.11 Å². The van der Waals surface area contributed by atoms with E-state index in [4.69, 9.17) is 4.74 Å². The molecule has 4 nitrogen and oxygen atoms in total. The van der Waals surface area contributed by atoms with Crippen molar-refractivity contribution in [3.63, 3.8) is 0 Å². The molecule has 1 aliphatic carbocycles. The molecule has 1 aromatic rings. The van der Waals surface area contributed by atoms with Crippen LogP contribution in [0.25, 0.3) is 0 Å². The number of aromatic hydroxyl groups is 1. The molecule has 22 heavy (non-hydrogen) atoms. The molecule has 1 aliphatic heterocycles. The van der Waals surface area contributed by atoms with E-state index in [-0.39, 0.29) is 30.6 Å². The largest absolute Gasteiger partial charge is 0.504 e. The molecule has 1 atom stereocenters. The zero-order valence-electron chi connectivity index (χ0n) is 13.0. The predicted molar refractivity (Wildman–Crippen MR) is 93.7 cm³/mol. The minimum absolute atomic E-state index is 0. The first kappa shape index (κ1) is 19.4. The zero-order valence-corrected chi connectivity index (χ0v) is 14.6. The molecule has 1 aromatic carbocycles. The molecule has 126 valence electrons. The average molecular weight is 349 g/mol. The number of piperazine rings is 1. The molecule has 0 amide bonds. The summed E-state index contributed by atoms with van der Waals surface area (Å²) >= 11 is 0. The third kappa shape index (κ3) is 3.99. The molecule has 0 aromatic heterocycles. The number of phenols is 1. The van der Waals surface area contributed by atoms with E-state index in [0.29, 0.717) is 11.8 Å². The summed E-state index contributed by atoms with van der Waals surface area (Å²) < 4.78 is 5.15. The third-order valence-electron chi connectivity index (χ3n) is 4.69. The fourth-order valence-electron chi connectivity index (χ4n) is 3.39. The van der Waals surface area contributed by atoms with Crippen LogP contribution in [0.1, 0.15) is 30.9 Å². The Hall–Kier alpha value is -0.680. The number of nitrogens with one attached hydrogen (secondary N) is 1. The molecule has 6 heteroatoms. The number of rotatable bonds is 4. The molecule has 0 radical (unpaired) electrons. The number of methoxy groups -OCH3 is 1. The van der Waals surface area contributed by atoms with Crippen molar-refractivity contribution in [3.05, 3.63) is 23.8 Å². The number of ether oxygens (including phenoxy) is 1. The van der Waals surface area contributed by atoms with E-state index in [1.807, 2.05) is 12.1 Å². The van der Waals surface area contributed by atoms with Gasteiger partial charge in [-0.1, -0.05) is 12.5 Å². The number of hydrogen-bond donors (Lipinski definition) is 2. The molecule has 0 unspecified atom stereocenters. The van der Waals surface area contributed by atoms with Gasteiger partial charge in [-0.15, -0.1) is 24.8 Å². The summed E-state index contributed by atoms with van der Waals surface area (Å²) in [5, 5.41) is 13.5. The van der Waals surface area contributed by atoms with Gasteiger partial charge in [0.05, 0.1) is 7.11 Å². The van der Waals surface area contributed by atoms with E-state index in [1.54, 1.807) is 7.11 Å². The van der Waals surface area contributed by atoms with Crippen LogP contribution in [0.15, 0.2) is 18.2 Å². The molecule has 2 fully saturated rings. The van der Waals surface area contributed by atoms with E-state index >= 15 is 0 Å². The van der Waals surface area contributed by atoms with Crippen molar-refractivity contribution in [1.29, 1.82) is 0 Å². The highest BCUT2D eigenvalue weighted by atomic mass is 35.5. The van der Waals surface area contributed by atoms with Crippen molar-refractivity contribution in [2.75, 3.05) is 33.3 Å². The second-order valence-electron chi connectivity index (χ2n) is 5.85. The van der Waals surface area contributed by atoms with Crippen molar-refractivity contribution in [2.45, 2.75) is 25.3 Å². The fraction of sp³-hybridized carbons (Fsp3) is 0.625. The lowest BCUT2D eigenvalue weighted by Crippen LogP contribution is -2.47. The van der Waals surface area contributed by atoms with Crippen molar-refractivity contribution in [2.24, 2.45) is 5.92 Å². The van der Waals surface area contributed by atoms with E-state index in [0.717, 1.165) is 32.1 Å². The molecule has 1 saturated heterocycles. The van der Waals surface area contributed by atoms with Gasteiger partial charge in [0.25, 0.3) is 0 Å². The van der Waals surface area contributed by atoms with Gasteiger partial charge in [-0.3, -0.25) is 4.90 Å². The van der Waals surface area contributed by atoms with Crippen LogP contribution in [0, 0.1) is 5.92 Å². The minimum Gasteiger partial charge on any atom is -0.504 e. The Labute approximate surface area is 145 Å². The molecule has 0 bridgehead atoms. The summed E-state index contributed by atoms with van der Waals surface area (Å²) in [6, 6.07) is 6.34. The van der Waals surface area contributed by atoms with Crippen molar-refractivity contribution in [1.82, 2.24) is 10.2 Å². The quantitative estimate of drug-likeness (QED) is 0.877. The van der Waals surface area contributed by atoms with Crippen LogP contribution in [-0.4, -0.2) is 43.3 Å². The average Bonchev–Trinajstić information content (AvgIpc) is 2.43. The van der Waals surface area contributed by atoms with Crippen molar-refractivity contribution >= 4 is 24.8 Å². The van der Waals surface area contributed by atoms with Crippen LogP contribution in [0.5, 0.6) is 11.5 Å². The summed E-state index contributed by atoms with van der Waals surface area (Å²) in [5.41, 5.74) is 1.23. The Morgan fingerprint density at radius 2 is 1.91 bits per heavy atom. The third-order valence-corrected chi connectivity index (χ3v) is 4.69. The Kier molecular flexibility index (Phi) is 7.77. The monoisotopic (exact) mass is 348 g/mol. The maximum atomic E-state index is 10.1. The highest BCUT2D eigenvalue weighted by Crippen LogP contribution is 2.43. The lowest BCUT2D eigenvalue weighted by Gasteiger charge is -2.43. The molecular weight excluding hydrogens is 323 g/mol. The first-order chi connectivity index (χ1) is 9.79. The van der Waals surface area contributed by atoms with E-state index < -0.39 is 0 Å². The van der Waals surface area contributed by atoms with Crippen LogP contribution >= 0.6 is 24.8 Å². The molecule has 1 saturated carbocycles. The fourth-order valence-corrected chi connectivity index (χ4v) is 3.39. The Balaban J connectivity index is 0.00000121.